The number of carboxylic acid groups (broad SMARTS) is 1. The van der Waals surface area contributed by atoms with E-state index in [1.807, 2.05) is 6.20 Å². The zero-order valence-electron chi connectivity index (χ0n) is 14.4. The number of allylic oxidation sites excluding steroid dienone is 2. The number of carbonyl (C=O) groups excluding carboxylic acids is 1. The molecule has 0 aromatic heterocycles. The molecule has 0 fully saturated rings. The predicted octanol–water partition coefficient (Wildman–Crippen LogP) is 2.09. The predicted molar refractivity (Wildman–Crippen MR) is 92.4 cm³/mol. The first-order valence-corrected chi connectivity index (χ1v) is 8.81. The Labute approximate surface area is 140 Å². The molecule has 0 saturated carbocycles. The maximum atomic E-state index is 11.0. The van der Waals surface area contributed by atoms with E-state index in [0.717, 1.165) is 31.5 Å². The first-order chi connectivity index (χ1) is 11.1. The van der Waals surface area contributed by atoms with Gasteiger partial charge in [-0.2, -0.15) is 0 Å². The Kier molecular flexibility index (Phi) is 9.48. The third kappa shape index (κ3) is 7.10. The van der Waals surface area contributed by atoms with Gasteiger partial charge in [0, 0.05) is 13.0 Å². The summed E-state index contributed by atoms with van der Waals surface area (Å²) in [5, 5.41) is 11.0. The maximum Gasteiger partial charge on any atom is 0.207 e. The number of aliphatic carboxylic acids is 1. The Morgan fingerprint density at radius 3 is 2.65 bits per heavy atom. The van der Waals surface area contributed by atoms with Gasteiger partial charge >= 0.3 is 0 Å². The zero-order valence-corrected chi connectivity index (χ0v) is 14.4. The van der Waals surface area contributed by atoms with Gasteiger partial charge in [0.25, 0.3) is 0 Å². The van der Waals surface area contributed by atoms with Crippen LogP contribution < -0.4 is 10.8 Å². The van der Waals surface area contributed by atoms with Gasteiger partial charge in [-0.05, 0) is 25.7 Å². The third-order valence-corrected chi connectivity index (χ3v) is 4.19. The Hall–Kier alpha value is -1.46. The highest BCUT2D eigenvalue weighted by Gasteiger charge is 2.34. The highest BCUT2D eigenvalue weighted by molar-refractivity contribution is 5.80. The fourth-order valence-electron chi connectivity index (χ4n) is 2.93. The van der Waals surface area contributed by atoms with Crippen molar-refractivity contribution in [1.82, 2.24) is 0 Å². The molecule has 0 radical (unpaired) electrons. The van der Waals surface area contributed by atoms with Crippen molar-refractivity contribution in [1.29, 1.82) is 0 Å². The molecule has 0 saturated heterocycles. The molecule has 0 aromatic carbocycles. The quantitative estimate of drug-likeness (QED) is 0.320. The van der Waals surface area contributed by atoms with Crippen molar-refractivity contribution in [2.75, 3.05) is 19.6 Å². The molecule has 5 heteroatoms. The molecule has 0 spiro atoms. The van der Waals surface area contributed by atoms with Crippen molar-refractivity contribution in [3.8, 4) is 0 Å². The lowest BCUT2D eigenvalue weighted by molar-refractivity contribution is -0.780. The molecule has 1 atom stereocenters. The number of amidine groups is 1. The Morgan fingerprint density at radius 2 is 2.00 bits per heavy atom. The largest absolute Gasteiger partial charge is 0.544 e. The van der Waals surface area contributed by atoms with Gasteiger partial charge in [-0.15, -0.1) is 0 Å². The molecule has 5 nitrogen and oxygen atoms in total. The van der Waals surface area contributed by atoms with Crippen LogP contribution in [0.4, 0.5) is 0 Å². The fraction of sp³-hybridized carbons (Fsp3) is 0.667. The molecule has 1 aliphatic heterocycles. The smallest absolute Gasteiger partial charge is 0.207 e. The summed E-state index contributed by atoms with van der Waals surface area (Å²) in [5.74, 6) is -0.180. The molecule has 23 heavy (non-hydrogen) atoms. The summed E-state index contributed by atoms with van der Waals surface area (Å²) in [4.78, 5) is 15.4. The average Bonchev–Trinajstić information content (AvgIpc) is 2.87. The minimum atomic E-state index is -1.07. The molecular formula is C18H31N3O2. The molecule has 0 aliphatic carbocycles. The molecule has 1 unspecified atom stereocenters. The summed E-state index contributed by atoms with van der Waals surface area (Å²) < 4.78 is 0.222. The molecule has 2 N–H and O–H groups in total. The van der Waals surface area contributed by atoms with Crippen molar-refractivity contribution < 1.29 is 14.4 Å². The average molecular weight is 321 g/mol. The number of nitrogens with zero attached hydrogens (tertiary/aromatic N) is 2. The number of hydrogen-bond donors (Lipinski definition) is 1. The van der Waals surface area contributed by atoms with E-state index in [-0.39, 0.29) is 11.0 Å². The first-order valence-electron chi connectivity index (χ1n) is 8.81. The lowest BCUT2D eigenvalue weighted by Gasteiger charge is -2.32. The molecule has 0 bridgehead atoms. The number of rotatable bonds is 13. The number of hydrogen-bond acceptors (Lipinski definition) is 4. The number of carboxylic acids is 1. The van der Waals surface area contributed by atoms with Gasteiger partial charge in [-0.3, -0.25) is 0 Å². The lowest BCUT2D eigenvalue weighted by atomic mass is 10.1. The van der Waals surface area contributed by atoms with Crippen LogP contribution in [-0.4, -0.2) is 35.9 Å². The van der Waals surface area contributed by atoms with Gasteiger partial charge in [0.1, 0.15) is 19.3 Å². The summed E-state index contributed by atoms with van der Waals surface area (Å²) in [7, 11) is 0. The van der Waals surface area contributed by atoms with Crippen LogP contribution in [0.2, 0.25) is 0 Å². The van der Waals surface area contributed by atoms with Gasteiger partial charge in [0.15, 0.2) is 0 Å². The summed E-state index contributed by atoms with van der Waals surface area (Å²) >= 11 is 0. The Balaban J connectivity index is 2.33. The Bertz CT molecular complexity index is 444. The number of unbranched alkanes of at least 4 members (excludes halogenated alkanes) is 5. The number of aliphatic imine (C=N–C) groups is 1. The van der Waals surface area contributed by atoms with Crippen LogP contribution in [0.3, 0.4) is 0 Å². The van der Waals surface area contributed by atoms with Gasteiger partial charge in [-0.25, -0.2) is 9.48 Å². The SMILES string of the molecule is CCCCCC/C=C/CCCC1=NC=C[N+]1(CCN)CC(=O)[O-]. The molecule has 0 aromatic rings. The van der Waals surface area contributed by atoms with E-state index in [4.69, 9.17) is 5.73 Å². The lowest BCUT2D eigenvalue weighted by Crippen LogP contribution is -2.55. The van der Waals surface area contributed by atoms with E-state index >= 15 is 0 Å². The number of carbonyl (C=O) groups is 1. The summed E-state index contributed by atoms with van der Waals surface area (Å²) in [5.41, 5.74) is 5.65. The van der Waals surface area contributed by atoms with Gasteiger partial charge in [-0.1, -0.05) is 38.3 Å². The molecule has 130 valence electrons. The second-order valence-electron chi connectivity index (χ2n) is 6.13. The van der Waals surface area contributed by atoms with Crippen molar-refractivity contribution in [3.63, 3.8) is 0 Å². The fourth-order valence-corrected chi connectivity index (χ4v) is 2.93. The van der Waals surface area contributed by atoms with E-state index in [1.165, 1.54) is 25.7 Å². The standard InChI is InChI=1S/C18H31N3O2/c1-2-3-4-5-6-7-8-9-10-11-17-20-13-15-21(17,14-12-19)16-18(22)23/h7-8,13,15H,2-6,9-12,14,16,19H2,1H3/b8-7+. The zero-order chi connectivity index (χ0) is 17.0. The summed E-state index contributed by atoms with van der Waals surface area (Å²) in [6.45, 7) is 3.12. The van der Waals surface area contributed by atoms with Crippen LogP contribution in [-0.2, 0) is 4.79 Å². The van der Waals surface area contributed by atoms with Crippen LogP contribution in [0.1, 0.15) is 58.3 Å². The van der Waals surface area contributed by atoms with Gasteiger partial charge < -0.3 is 15.6 Å². The second-order valence-corrected chi connectivity index (χ2v) is 6.13. The highest BCUT2D eigenvalue weighted by Crippen LogP contribution is 2.20. The minimum absolute atomic E-state index is 0.0835. The van der Waals surface area contributed by atoms with E-state index < -0.39 is 5.97 Å². The van der Waals surface area contributed by atoms with Crippen LogP contribution in [0.25, 0.3) is 0 Å². The van der Waals surface area contributed by atoms with Crippen molar-refractivity contribution in [3.05, 3.63) is 24.6 Å². The van der Waals surface area contributed by atoms with E-state index in [1.54, 1.807) is 6.20 Å². The third-order valence-electron chi connectivity index (χ3n) is 4.19. The molecule has 1 heterocycles. The van der Waals surface area contributed by atoms with Crippen molar-refractivity contribution in [2.24, 2.45) is 10.7 Å². The van der Waals surface area contributed by atoms with E-state index in [9.17, 15) is 9.90 Å². The molecular weight excluding hydrogens is 290 g/mol. The summed E-state index contributed by atoms with van der Waals surface area (Å²) in [6, 6.07) is 0. The minimum Gasteiger partial charge on any atom is -0.544 e. The van der Waals surface area contributed by atoms with Gasteiger partial charge in [0.05, 0.1) is 12.2 Å². The normalized spacial score (nSPS) is 20.3. The number of quaternary nitrogens is 1. The van der Waals surface area contributed by atoms with Crippen LogP contribution >= 0.6 is 0 Å². The maximum absolute atomic E-state index is 11.0. The monoisotopic (exact) mass is 321 g/mol. The van der Waals surface area contributed by atoms with E-state index in [2.05, 4.69) is 24.1 Å². The highest BCUT2D eigenvalue weighted by atomic mass is 16.4. The van der Waals surface area contributed by atoms with Crippen molar-refractivity contribution in [2.45, 2.75) is 58.3 Å². The van der Waals surface area contributed by atoms with Crippen LogP contribution in [0.5, 0.6) is 0 Å². The van der Waals surface area contributed by atoms with Crippen molar-refractivity contribution >= 4 is 11.8 Å². The summed E-state index contributed by atoms with van der Waals surface area (Å²) in [6.07, 6.45) is 17.1. The topological polar surface area (TPSA) is 78.5 Å². The number of nitrogens with two attached hydrogens (primary N) is 1. The van der Waals surface area contributed by atoms with Crippen LogP contribution in [0, 0.1) is 0 Å². The molecule has 0 amide bonds. The van der Waals surface area contributed by atoms with Crippen LogP contribution in [0.15, 0.2) is 29.5 Å². The molecule has 1 aliphatic rings. The Morgan fingerprint density at radius 1 is 1.26 bits per heavy atom. The van der Waals surface area contributed by atoms with Gasteiger partial charge in [0.2, 0.25) is 5.84 Å². The first kappa shape index (κ1) is 19.6. The van der Waals surface area contributed by atoms with E-state index in [0.29, 0.717) is 13.1 Å². The molecule has 1 rings (SSSR count). The second kappa shape index (κ2) is 11.1.